The molecule has 2 aromatic rings. The zero-order valence-electron chi connectivity index (χ0n) is 16.3. The van der Waals surface area contributed by atoms with E-state index in [9.17, 15) is 14.0 Å². The lowest BCUT2D eigenvalue weighted by molar-refractivity contribution is -0.140. The minimum atomic E-state index is -0.459. The fraction of sp³-hybridized carbons (Fsp3) is 0.474. The molecule has 29 heavy (non-hydrogen) atoms. The second-order valence-corrected chi connectivity index (χ2v) is 7.57. The maximum Gasteiger partial charge on any atom is 0.239 e. The van der Waals surface area contributed by atoms with E-state index in [1.807, 2.05) is 11.5 Å². The van der Waals surface area contributed by atoms with Crippen molar-refractivity contribution in [2.24, 2.45) is 0 Å². The van der Waals surface area contributed by atoms with Crippen molar-refractivity contribution in [2.75, 3.05) is 26.0 Å². The highest BCUT2D eigenvalue weighted by Gasteiger charge is 2.27. The minimum Gasteiger partial charge on any atom is -0.483 e. The number of amides is 2. The predicted octanol–water partition coefficient (Wildman–Crippen LogP) is 2.44. The van der Waals surface area contributed by atoms with Gasteiger partial charge in [-0.3, -0.25) is 19.1 Å². The molecule has 0 bridgehead atoms. The summed E-state index contributed by atoms with van der Waals surface area (Å²) < 4.78 is 26.4. The molecule has 1 aliphatic rings. The van der Waals surface area contributed by atoms with Crippen LogP contribution in [0.5, 0.6) is 5.75 Å². The number of thioether (sulfide) groups is 1. The molecule has 3 rings (SSSR count). The number of likely N-dealkylation sites (tertiary alicyclic amines) is 1. The van der Waals surface area contributed by atoms with Crippen LogP contribution in [0.3, 0.4) is 0 Å². The average Bonchev–Trinajstić information content (AvgIpc) is 3.31. The van der Waals surface area contributed by atoms with Crippen molar-refractivity contribution in [3.63, 3.8) is 0 Å². The zero-order chi connectivity index (χ0) is 20.8. The SMILES string of the molecule is COC[C@@H](C)n1c(COc2ccccc2F)nnc1SCC(=O)N1CCCC1=O. The summed E-state index contributed by atoms with van der Waals surface area (Å²) >= 11 is 1.20. The molecule has 0 N–H and O–H groups in total. The number of ether oxygens (including phenoxy) is 2. The Morgan fingerprint density at radius 2 is 2.14 bits per heavy atom. The molecule has 0 spiro atoms. The quantitative estimate of drug-likeness (QED) is 0.574. The number of para-hydroxylation sites is 1. The van der Waals surface area contributed by atoms with Crippen LogP contribution in [0.25, 0.3) is 0 Å². The first-order chi connectivity index (χ1) is 14.0. The molecule has 8 nitrogen and oxygen atoms in total. The Labute approximate surface area is 172 Å². The highest BCUT2D eigenvalue weighted by atomic mass is 32.2. The molecule has 1 fully saturated rings. The van der Waals surface area contributed by atoms with Crippen molar-refractivity contribution >= 4 is 23.6 Å². The van der Waals surface area contributed by atoms with E-state index in [-0.39, 0.29) is 36.0 Å². The van der Waals surface area contributed by atoms with Crippen LogP contribution in [0.2, 0.25) is 0 Å². The van der Waals surface area contributed by atoms with E-state index in [0.717, 1.165) is 0 Å². The number of carbonyl (C=O) groups is 2. The van der Waals surface area contributed by atoms with Crippen LogP contribution in [-0.2, 0) is 20.9 Å². The number of nitrogens with zero attached hydrogens (tertiary/aromatic N) is 4. The molecule has 0 saturated carbocycles. The molecule has 10 heteroatoms. The number of carbonyl (C=O) groups excluding carboxylic acids is 2. The van der Waals surface area contributed by atoms with Crippen LogP contribution in [-0.4, -0.2) is 57.5 Å². The molecule has 1 aromatic carbocycles. The molecule has 0 radical (unpaired) electrons. The Hall–Kier alpha value is -2.46. The maximum atomic E-state index is 13.8. The largest absolute Gasteiger partial charge is 0.483 e. The van der Waals surface area contributed by atoms with Crippen LogP contribution in [0.4, 0.5) is 4.39 Å². The van der Waals surface area contributed by atoms with Gasteiger partial charge in [-0.05, 0) is 25.5 Å². The van der Waals surface area contributed by atoms with E-state index in [0.29, 0.717) is 37.0 Å². The predicted molar refractivity (Wildman–Crippen MR) is 104 cm³/mol. The Morgan fingerprint density at radius 3 is 2.83 bits per heavy atom. The summed E-state index contributed by atoms with van der Waals surface area (Å²) in [5, 5.41) is 8.83. The molecule has 1 aromatic heterocycles. The van der Waals surface area contributed by atoms with E-state index in [1.54, 1.807) is 19.2 Å². The van der Waals surface area contributed by atoms with Gasteiger partial charge < -0.3 is 9.47 Å². The normalized spacial score (nSPS) is 15.0. The fourth-order valence-electron chi connectivity index (χ4n) is 3.08. The number of hydrogen-bond donors (Lipinski definition) is 0. The average molecular weight is 422 g/mol. The molecule has 1 aliphatic heterocycles. The molecular formula is C19H23FN4O4S. The van der Waals surface area contributed by atoms with Crippen molar-refractivity contribution in [1.29, 1.82) is 0 Å². The molecule has 1 atom stereocenters. The number of aromatic nitrogens is 3. The number of methoxy groups -OCH3 is 1. The van der Waals surface area contributed by atoms with Gasteiger partial charge in [0.05, 0.1) is 18.4 Å². The van der Waals surface area contributed by atoms with E-state index in [4.69, 9.17) is 9.47 Å². The van der Waals surface area contributed by atoms with Gasteiger partial charge in [-0.25, -0.2) is 4.39 Å². The Kier molecular flexibility index (Phi) is 7.21. The van der Waals surface area contributed by atoms with Gasteiger partial charge >= 0.3 is 0 Å². The number of imide groups is 1. The Morgan fingerprint density at radius 1 is 1.34 bits per heavy atom. The van der Waals surface area contributed by atoms with Gasteiger partial charge in [0.15, 0.2) is 22.5 Å². The van der Waals surface area contributed by atoms with Crippen LogP contribution in [0, 0.1) is 5.82 Å². The summed E-state index contributed by atoms with van der Waals surface area (Å²) in [7, 11) is 1.59. The lowest BCUT2D eigenvalue weighted by atomic mass is 10.3. The van der Waals surface area contributed by atoms with Crippen molar-refractivity contribution < 1.29 is 23.5 Å². The summed E-state index contributed by atoms with van der Waals surface area (Å²) in [6, 6.07) is 6.00. The molecular weight excluding hydrogens is 399 g/mol. The van der Waals surface area contributed by atoms with Crippen LogP contribution in [0.15, 0.2) is 29.4 Å². The number of halogens is 1. The van der Waals surface area contributed by atoms with Crippen LogP contribution in [0.1, 0.15) is 31.6 Å². The van der Waals surface area contributed by atoms with Crippen molar-refractivity contribution in [1.82, 2.24) is 19.7 Å². The van der Waals surface area contributed by atoms with Crippen molar-refractivity contribution in [3.8, 4) is 5.75 Å². The fourth-order valence-corrected chi connectivity index (χ4v) is 4.01. The monoisotopic (exact) mass is 422 g/mol. The van der Waals surface area contributed by atoms with E-state index in [1.165, 1.54) is 28.8 Å². The standard InChI is InChI=1S/C19H23FN4O4S/c1-13(10-27-2)24-16(11-28-15-7-4-3-6-14(15)20)21-22-19(24)29-12-18(26)23-9-5-8-17(23)25/h3-4,6-7,13H,5,8-12H2,1-2H3/t13-/m1/s1. The highest BCUT2D eigenvalue weighted by Crippen LogP contribution is 2.25. The Balaban J connectivity index is 1.72. The molecule has 1 saturated heterocycles. The highest BCUT2D eigenvalue weighted by molar-refractivity contribution is 7.99. The van der Waals surface area contributed by atoms with E-state index < -0.39 is 5.82 Å². The molecule has 2 heterocycles. The third-order valence-corrected chi connectivity index (χ3v) is 5.40. The lowest BCUT2D eigenvalue weighted by Gasteiger charge is -2.18. The van der Waals surface area contributed by atoms with Crippen molar-refractivity contribution in [3.05, 3.63) is 35.9 Å². The first-order valence-corrected chi connectivity index (χ1v) is 10.3. The lowest BCUT2D eigenvalue weighted by Crippen LogP contribution is -2.33. The first-order valence-electron chi connectivity index (χ1n) is 9.27. The topological polar surface area (TPSA) is 86.6 Å². The van der Waals surface area contributed by atoms with E-state index in [2.05, 4.69) is 10.2 Å². The van der Waals surface area contributed by atoms with Gasteiger partial charge in [-0.15, -0.1) is 10.2 Å². The van der Waals surface area contributed by atoms with Gasteiger partial charge in [-0.1, -0.05) is 23.9 Å². The summed E-state index contributed by atoms with van der Waals surface area (Å²) in [4.78, 5) is 25.4. The second kappa shape index (κ2) is 9.84. The molecule has 0 unspecified atom stereocenters. The number of benzene rings is 1. The third-order valence-electron chi connectivity index (χ3n) is 4.48. The first kappa shape index (κ1) is 21.3. The smallest absolute Gasteiger partial charge is 0.239 e. The number of rotatable bonds is 9. The van der Waals surface area contributed by atoms with E-state index >= 15 is 0 Å². The van der Waals surface area contributed by atoms with Gasteiger partial charge in [0.25, 0.3) is 0 Å². The van der Waals surface area contributed by atoms with Gasteiger partial charge in [-0.2, -0.15) is 0 Å². The second-order valence-electron chi connectivity index (χ2n) is 6.62. The number of hydrogen-bond acceptors (Lipinski definition) is 7. The molecule has 0 aliphatic carbocycles. The summed E-state index contributed by atoms with van der Waals surface area (Å²) in [6.45, 7) is 2.81. The van der Waals surface area contributed by atoms with Crippen LogP contribution < -0.4 is 4.74 Å². The van der Waals surface area contributed by atoms with Crippen molar-refractivity contribution in [2.45, 2.75) is 37.6 Å². The Bertz CT molecular complexity index is 876. The zero-order valence-corrected chi connectivity index (χ0v) is 17.2. The summed E-state index contributed by atoms with van der Waals surface area (Å²) in [6.07, 6.45) is 1.11. The molecule has 156 valence electrons. The third kappa shape index (κ3) is 5.13. The maximum absolute atomic E-state index is 13.8. The summed E-state index contributed by atoms with van der Waals surface area (Å²) in [5.41, 5.74) is 0. The van der Waals surface area contributed by atoms with Crippen LogP contribution >= 0.6 is 11.8 Å². The molecule has 2 amide bonds. The summed E-state index contributed by atoms with van der Waals surface area (Å²) in [5.74, 6) is -0.140. The van der Waals surface area contributed by atoms with Gasteiger partial charge in [0.2, 0.25) is 11.8 Å². The van der Waals surface area contributed by atoms with Gasteiger partial charge in [0.1, 0.15) is 6.61 Å². The minimum absolute atomic E-state index is 0.0150. The van der Waals surface area contributed by atoms with Gasteiger partial charge in [0, 0.05) is 20.1 Å².